The van der Waals surface area contributed by atoms with Crippen LogP contribution in [-0.2, 0) is 0 Å². The van der Waals surface area contributed by atoms with E-state index in [0.29, 0.717) is 0 Å². The third-order valence-electron chi connectivity index (χ3n) is 2.41. The Morgan fingerprint density at radius 1 is 1.56 bits per heavy atom. The Labute approximate surface area is 101 Å². The van der Waals surface area contributed by atoms with E-state index in [2.05, 4.69) is 15.3 Å². The third kappa shape index (κ3) is 4.47. The molecule has 0 fully saturated rings. The molecule has 16 heavy (non-hydrogen) atoms. The molecule has 1 rings (SSSR count). The van der Waals surface area contributed by atoms with Crippen molar-refractivity contribution in [2.75, 3.05) is 18.9 Å². The Bertz CT molecular complexity index is 297. The number of nitrogens with zero attached hydrogens (tertiary/aromatic N) is 2. The van der Waals surface area contributed by atoms with Gasteiger partial charge in [0.15, 0.2) is 0 Å². The molecule has 0 radical (unpaired) electrons. The number of thioether (sulfide) groups is 1. The van der Waals surface area contributed by atoms with E-state index in [4.69, 9.17) is 0 Å². The highest BCUT2D eigenvalue weighted by molar-refractivity contribution is 7.99. The van der Waals surface area contributed by atoms with Crippen molar-refractivity contribution in [2.45, 2.75) is 30.8 Å². The van der Waals surface area contributed by atoms with Gasteiger partial charge in [-0.1, -0.05) is 6.92 Å². The van der Waals surface area contributed by atoms with Gasteiger partial charge in [0.05, 0.1) is 11.6 Å². The molecule has 1 heterocycles. The molecule has 0 bridgehead atoms. The predicted molar refractivity (Wildman–Crippen MR) is 66.5 cm³/mol. The molecule has 5 heteroatoms. The van der Waals surface area contributed by atoms with Gasteiger partial charge in [0.1, 0.15) is 6.33 Å². The predicted octanol–water partition coefficient (Wildman–Crippen LogP) is 1.32. The molecule has 0 aliphatic heterocycles. The first-order chi connectivity index (χ1) is 7.70. The summed E-state index contributed by atoms with van der Waals surface area (Å²) < 4.78 is 0. The van der Waals surface area contributed by atoms with Crippen LogP contribution in [0.3, 0.4) is 0 Å². The van der Waals surface area contributed by atoms with Gasteiger partial charge in [0.2, 0.25) is 0 Å². The Hall–Kier alpha value is -0.650. The highest BCUT2D eigenvalue weighted by Crippen LogP contribution is 2.19. The first-order valence-electron chi connectivity index (χ1n) is 5.45. The lowest BCUT2D eigenvalue weighted by atomic mass is 10.0. The topological polar surface area (TPSA) is 58.0 Å². The number of hydrogen-bond acceptors (Lipinski definition) is 5. The lowest BCUT2D eigenvalue weighted by Gasteiger charge is -2.28. The van der Waals surface area contributed by atoms with Crippen LogP contribution in [0, 0.1) is 0 Å². The van der Waals surface area contributed by atoms with Crippen LogP contribution in [0.15, 0.2) is 23.6 Å². The van der Waals surface area contributed by atoms with Gasteiger partial charge < -0.3 is 10.4 Å². The number of rotatable bonds is 7. The van der Waals surface area contributed by atoms with Crippen LogP contribution in [-0.4, -0.2) is 39.5 Å². The maximum Gasteiger partial charge on any atom is 0.116 e. The number of nitrogens with one attached hydrogen (secondary N) is 1. The maximum atomic E-state index is 9.32. The number of hydrogen-bond donors (Lipinski definition) is 2. The second kappa shape index (κ2) is 6.83. The summed E-state index contributed by atoms with van der Waals surface area (Å²) in [6.07, 6.45) is 4.20. The van der Waals surface area contributed by atoms with Crippen LogP contribution < -0.4 is 5.32 Å². The highest BCUT2D eigenvalue weighted by Gasteiger charge is 2.21. The number of aliphatic hydroxyl groups excluding tert-OH is 1. The Morgan fingerprint density at radius 2 is 2.38 bits per heavy atom. The minimum absolute atomic E-state index is 0.158. The fourth-order valence-corrected chi connectivity index (χ4v) is 2.44. The smallest absolute Gasteiger partial charge is 0.116 e. The largest absolute Gasteiger partial charge is 0.394 e. The molecule has 1 unspecified atom stereocenters. The molecular weight excluding hydrogens is 222 g/mol. The lowest BCUT2D eigenvalue weighted by molar-refractivity contribution is 0.173. The minimum atomic E-state index is -0.186. The second-order valence-corrected chi connectivity index (χ2v) is 5.01. The fourth-order valence-electron chi connectivity index (χ4n) is 1.39. The SMILES string of the molecule is CCNC(C)(CO)CCSc1ccncn1. The normalized spacial score (nSPS) is 14.7. The Kier molecular flexibility index (Phi) is 5.73. The van der Waals surface area contributed by atoms with E-state index in [1.807, 2.05) is 19.9 Å². The zero-order valence-electron chi connectivity index (χ0n) is 9.81. The van der Waals surface area contributed by atoms with E-state index < -0.39 is 0 Å². The molecule has 0 aromatic carbocycles. The molecule has 2 N–H and O–H groups in total. The second-order valence-electron chi connectivity index (χ2n) is 3.90. The van der Waals surface area contributed by atoms with Crippen molar-refractivity contribution in [3.8, 4) is 0 Å². The van der Waals surface area contributed by atoms with Crippen molar-refractivity contribution < 1.29 is 5.11 Å². The van der Waals surface area contributed by atoms with Crippen molar-refractivity contribution >= 4 is 11.8 Å². The van der Waals surface area contributed by atoms with Crippen LogP contribution in [0.2, 0.25) is 0 Å². The van der Waals surface area contributed by atoms with Crippen molar-refractivity contribution in [3.05, 3.63) is 18.6 Å². The van der Waals surface area contributed by atoms with Crippen LogP contribution in [0.25, 0.3) is 0 Å². The summed E-state index contributed by atoms with van der Waals surface area (Å²) in [5.74, 6) is 0.932. The van der Waals surface area contributed by atoms with Crippen LogP contribution in [0.1, 0.15) is 20.3 Å². The van der Waals surface area contributed by atoms with Gasteiger partial charge in [-0.05, 0) is 26.0 Å². The third-order valence-corrected chi connectivity index (χ3v) is 3.36. The van der Waals surface area contributed by atoms with Crippen molar-refractivity contribution in [3.63, 3.8) is 0 Å². The van der Waals surface area contributed by atoms with Gasteiger partial charge in [-0.25, -0.2) is 9.97 Å². The van der Waals surface area contributed by atoms with E-state index in [9.17, 15) is 5.11 Å². The van der Waals surface area contributed by atoms with Crippen molar-refractivity contribution in [1.29, 1.82) is 0 Å². The molecule has 0 aliphatic carbocycles. The fraction of sp³-hybridized carbons (Fsp3) is 0.636. The van der Waals surface area contributed by atoms with Gasteiger partial charge in [-0.15, -0.1) is 11.8 Å². The summed E-state index contributed by atoms with van der Waals surface area (Å²) in [7, 11) is 0. The maximum absolute atomic E-state index is 9.32. The van der Waals surface area contributed by atoms with Gasteiger partial charge in [0.25, 0.3) is 0 Å². The molecule has 1 atom stereocenters. The Balaban J connectivity index is 2.34. The molecule has 0 saturated heterocycles. The van der Waals surface area contributed by atoms with Gasteiger partial charge >= 0.3 is 0 Å². The van der Waals surface area contributed by atoms with Crippen LogP contribution in [0.4, 0.5) is 0 Å². The van der Waals surface area contributed by atoms with E-state index in [1.165, 1.54) is 0 Å². The summed E-state index contributed by atoms with van der Waals surface area (Å²) in [5, 5.41) is 13.6. The van der Waals surface area contributed by atoms with E-state index in [0.717, 1.165) is 23.7 Å². The Morgan fingerprint density at radius 3 is 2.94 bits per heavy atom. The minimum Gasteiger partial charge on any atom is -0.394 e. The average molecular weight is 241 g/mol. The number of aromatic nitrogens is 2. The summed E-state index contributed by atoms with van der Waals surface area (Å²) >= 11 is 1.69. The molecule has 1 aromatic rings. The zero-order valence-corrected chi connectivity index (χ0v) is 10.6. The van der Waals surface area contributed by atoms with Crippen LogP contribution >= 0.6 is 11.8 Å². The summed E-state index contributed by atoms with van der Waals surface area (Å²) in [6.45, 7) is 5.11. The van der Waals surface area contributed by atoms with Crippen LogP contribution in [0.5, 0.6) is 0 Å². The molecule has 0 saturated carbocycles. The average Bonchev–Trinajstić information content (AvgIpc) is 2.31. The lowest BCUT2D eigenvalue weighted by Crippen LogP contribution is -2.46. The first kappa shape index (κ1) is 13.4. The van der Waals surface area contributed by atoms with E-state index >= 15 is 0 Å². The molecule has 1 aromatic heterocycles. The van der Waals surface area contributed by atoms with E-state index in [1.54, 1.807) is 24.3 Å². The van der Waals surface area contributed by atoms with E-state index in [-0.39, 0.29) is 12.1 Å². The summed E-state index contributed by atoms with van der Waals surface area (Å²) in [6, 6.07) is 1.90. The quantitative estimate of drug-likeness (QED) is 0.557. The summed E-state index contributed by atoms with van der Waals surface area (Å²) in [5.41, 5.74) is -0.186. The van der Waals surface area contributed by atoms with Gasteiger partial charge in [-0.2, -0.15) is 0 Å². The molecule has 0 aliphatic rings. The van der Waals surface area contributed by atoms with Gasteiger partial charge in [0, 0.05) is 17.5 Å². The molecule has 90 valence electrons. The molecule has 0 amide bonds. The molecule has 0 spiro atoms. The molecular formula is C11H19N3OS. The van der Waals surface area contributed by atoms with Crippen molar-refractivity contribution in [1.82, 2.24) is 15.3 Å². The number of likely N-dealkylation sites (N-methyl/N-ethyl adjacent to an activating group) is 1. The molecule has 4 nitrogen and oxygen atoms in total. The first-order valence-corrected chi connectivity index (χ1v) is 6.43. The highest BCUT2D eigenvalue weighted by atomic mass is 32.2. The van der Waals surface area contributed by atoms with Crippen molar-refractivity contribution in [2.24, 2.45) is 0 Å². The number of aliphatic hydroxyl groups is 1. The monoisotopic (exact) mass is 241 g/mol. The zero-order chi connectivity index (χ0) is 11.9. The van der Waals surface area contributed by atoms with Gasteiger partial charge in [-0.3, -0.25) is 0 Å². The summed E-state index contributed by atoms with van der Waals surface area (Å²) in [4.78, 5) is 8.01. The standard InChI is InChI=1S/C11H19N3OS/c1-3-14-11(2,8-15)5-7-16-10-4-6-12-9-13-10/h4,6,9,14-15H,3,5,7-8H2,1-2H3.